The van der Waals surface area contributed by atoms with Gasteiger partial charge in [0.25, 0.3) is 5.56 Å². The molecule has 53 heavy (non-hydrogen) atoms. The first-order chi connectivity index (χ1) is 25.3. The van der Waals surface area contributed by atoms with E-state index in [0.29, 0.717) is 22.5 Å². The molecule has 11 heteroatoms. The third-order valence-electron chi connectivity index (χ3n) is 12.8. The molecule has 11 nitrogen and oxygen atoms in total. The molecule has 2 saturated carbocycles. The van der Waals surface area contributed by atoms with E-state index < -0.39 is 5.60 Å². The summed E-state index contributed by atoms with van der Waals surface area (Å²) in [6.07, 6.45) is 14.0. The highest BCUT2D eigenvalue weighted by molar-refractivity contribution is 5.69. The minimum atomic E-state index is -0.711. The zero-order valence-corrected chi connectivity index (χ0v) is 33.1. The summed E-state index contributed by atoms with van der Waals surface area (Å²) in [6.45, 7) is 2.19. The highest BCUT2D eigenvalue weighted by atomic mass is 16.5. The summed E-state index contributed by atoms with van der Waals surface area (Å²) in [4.78, 5) is 31.9. The first kappa shape index (κ1) is 38.8. The maximum absolute atomic E-state index is 11.7. The van der Waals surface area contributed by atoms with Crippen LogP contribution in [-0.4, -0.2) is 88.1 Å². The molecule has 3 aliphatic carbocycles. The van der Waals surface area contributed by atoms with Crippen LogP contribution >= 0.6 is 0 Å². The molecule has 1 aliphatic heterocycles. The average Bonchev–Trinajstić information content (AvgIpc) is 3.57. The third kappa shape index (κ3) is 7.32. The van der Waals surface area contributed by atoms with Gasteiger partial charge in [-0.05, 0) is 113 Å². The predicted octanol–water partition coefficient (Wildman–Crippen LogP) is 4.99. The van der Waals surface area contributed by atoms with Gasteiger partial charge in [0.1, 0.15) is 11.5 Å². The number of hydrogen-bond donors (Lipinski definition) is 1. The number of piperidine rings is 1. The Balaban J connectivity index is 0.000000138. The topological polar surface area (TPSA) is 107 Å². The van der Waals surface area contributed by atoms with Crippen LogP contribution < -0.4 is 20.7 Å². The van der Waals surface area contributed by atoms with E-state index in [1.54, 1.807) is 44.0 Å². The Morgan fingerprint density at radius 1 is 0.887 bits per heavy atom. The van der Waals surface area contributed by atoms with Crippen LogP contribution in [0, 0.1) is 11.8 Å². The van der Waals surface area contributed by atoms with Crippen molar-refractivity contribution in [3.8, 4) is 11.5 Å². The van der Waals surface area contributed by atoms with Crippen LogP contribution in [-0.2, 0) is 38.6 Å². The van der Waals surface area contributed by atoms with Crippen LogP contribution in [0.1, 0.15) is 74.5 Å². The van der Waals surface area contributed by atoms with Gasteiger partial charge in [-0.15, -0.1) is 0 Å². The van der Waals surface area contributed by atoms with Crippen LogP contribution in [0.3, 0.4) is 0 Å². The molecule has 1 saturated heterocycles. The average molecular weight is 729 g/mol. The monoisotopic (exact) mass is 728 g/mol. The standard InChI is InChI=1S/C18H25NO.C16H25NO2.C8H10N4O2/c1-19-10-9-18-8-4-3-5-15(18)17(19)11-13-6-7-14(20-2)12-16(13)18;1-17(2)12-14-7-4-5-10-16(14,18)13-8-6-9-15(11-13)19-3;1-10-4-9-6-5(10)7(13)12(3)8(14)11(6)2/h6-7,12,15,17H,3-5,8-11H2,1-2H3;6,8-9,11,14,18H,4-5,7,10,12H2,1-3H3;4H,1-3H3/t15-,17+,18+;14-,16+;/m11./s1. The molecule has 3 fully saturated rings. The fourth-order valence-corrected chi connectivity index (χ4v) is 9.96. The van der Waals surface area contributed by atoms with Gasteiger partial charge in [0, 0.05) is 45.1 Å². The summed E-state index contributed by atoms with van der Waals surface area (Å²) in [5.74, 6) is 3.03. The van der Waals surface area contributed by atoms with E-state index in [0.717, 1.165) is 59.4 Å². The molecule has 2 aromatic heterocycles. The number of aryl methyl sites for hydroxylation is 2. The summed E-state index contributed by atoms with van der Waals surface area (Å²) in [6, 6.07) is 15.5. The van der Waals surface area contributed by atoms with Gasteiger partial charge in [-0.1, -0.05) is 43.9 Å². The van der Waals surface area contributed by atoms with Crippen LogP contribution in [0.5, 0.6) is 11.5 Å². The Kier molecular flexibility index (Phi) is 11.6. The number of nitrogens with zero attached hydrogens (tertiary/aromatic N) is 6. The van der Waals surface area contributed by atoms with Crippen molar-refractivity contribution in [2.75, 3.05) is 48.5 Å². The maximum atomic E-state index is 11.7. The van der Waals surface area contributed by atoms with E-state index in [4.69, 9.17) is 9.47 Å². The lowest BCUT2D eigenvalue weighted by molar-refractivity contribution is -0.0619. The molecule has 0 amide bonds. The van der Waals surface area contributed by atoms with Crippen molar-refractivity contribution < 1.29 is 14.6 Å². The van der Waals surface area contributed by atoms with E-state index >= 15 is 0 Å². The van der Waals surface area contributed by atoms with Gasteiger partial charge in [-0.2, -0.15) is 0 Å². The molecule has 4 aliphatic rings. The summed E-state index contributed by atoms with van der Waals surface area (Å²) >= 11 is 0. The largest absolute Gasteiger partial charge is 0.497 e. The van der Waals surface area contributed by atoms with Crippen molar-refractivity contribution in [3.05, 3.63) is 86.3 Å². The van der Waals surface area contributed by atoms with Gasteiger partial charge in [0.15, 0.2) is 11.2 Å². The van der Waals surface area contributed by atoms with Crippen molar-refractivity contribution in [1.29, 1.82) is 0 Å². The summed E-state index contributed by atoms with van der Waals surface area (Å²) in [7, 11) is 14.7. The van der Waals surface area contributed by atoms with Crippen LogP contribution in [0.25, 0.3) is 11.2 Å². The third-order valence-corrected chi connectivity index (χ3v) is 12.8. The Bertz CT molecular complexity index is 2020. The fourth-order valence-electron chi connectivity index (χ4n) is 9.96. The van der Waals surface area contributed by atoms with E-state index in [9.17, 15) is 14.7 Å². The lowest BCUT2D eigenvalue weighted by Crippen LogP contribution is -2.59. The quantitative estimate of drug-likeness (QED) is 0.307. The normalized spacial score (nSPS) is 26.4. The molecule has 0 radical (unpaired) electrons. The molecule has 0 unspecified atom stereocenters. The Labute approximate surface area is 314 Å². The number of methoxy groups -OCH3 is 2. The zero-order chi connectivity index (χ0) is 38.1. The predicted molar refractivity (Wildman–Crippen MR) is 210 cm³/mol. The molecular weight excluding hydrogens is 668 g/mol. The van der Waals surface area contributed by atoms with Crippen LogP contribution in [0.2, 0.25) is 0 Å². The molecule has 0 spiro atoms. The van der Waals surface area contributed by atoms with Crippen LogP contribution in [0.4, 0.5) is 0 Å². The number of likely N-dealkylation sites (N-methyl/N-ethyl adjacent to an activating group) is 1. The van der Waals surface area contributed by atoms with Gasteiger partial charge >= 0.3 is 5.69 Å². The number of fused-ring (bicyclic) bond motifs is 2. The first-order valence-corrected chi connectivity index (χ1v) is 19.3. The molecule has 1 N–H and O–H groups in total. The van der Waals surface area contributed by atoms with Gasteiger partial charge in [0.05, 0.1) is 26.1 Å². The number of rotatable bonds is 5. The first-order valence-electron chi connectivity index (χ1n) is 19.3. The highest BCUT2D eigenvalue weighted by Crippen LogP contribution is 2.56. The molecule has 2 bridgehead atoms. The number of ether oxygens (including phenoxy) is 2. The van der Waals surface area contributed by atoms with Gasteiger partial charge in [-0.25, -0.2) is 9.78 Å². The van der Waals surface area contributed by atoms with Crippen molar-refractivity contribution in [2.45, 2.75) is 81.3 Å². The summed E-state index contributed by atoms with van der Waals surface area (Å²) in [5, 5.41) is 11.2. The van der Waals surface area contributed by atoms with E-state index in [-0.39, 0.29) is 11.2 Å². The number of aliphatic hydroxyl groups is 1. The second-order valence-corrected chi connectivity index (χ2v) is 16.1. The van der Waals surface area contributed by atoms with Crippen molar-refractivity contribution in [2.24, 2.45) is 33.0 Å². The Morgan fingerprint density at radius 2 is 1.60 bits per heavy atom. The fraction of sp³-hybridized carbons (Fsp3) is 0.595. The Hall–Kier alpha value is -3.93. The van der Waals surface area contributed by atoms with Gasteiger partial charge < -0.3 is 28.9 Å². The van der Waals surface area contributed by atoms with E-state index in [1.807, 2.05) is 24.3 Å². The minimum absolute atomic E-state index is 0.295. The smallest absolute Gasteiger partial charge is 0.332 e. The molecule has 8 rings (SSSR count). The summed E-state index contributed by atoms with van der Waals surface area (Å²) < 4.78 is 14.8. The van der Waals surface area contributed by atoms with Crippen molar-refractivity contribution in [3.63, 3.8) is 0 Å². The zero-order valence-electron chi connectivity index (χ0n) is 33.1. The highest BCUT2D eigenvalue weighted by Gasteiger charge is 2.53. The van der Waals surface area contributed by atoms with Gasteiger partial charge in [0.2, 0.25) is 0 Å². The van der Waals surface area contributed by atoms with Crippen molar-refractivity contribution in [1.82, 2.24) is 28.5 Å². The molecule has 2 aromatic carbocycles. The number of hydrogen-bond acceptors (Lipinski definition) is 8. The number of likely N-dealkylation sites (tertiary alicyclic amines) is 1. The number of benzene rings is 2. The molecular formula is C42H60N6O5. The maximum Gasteiger partial charge on any atom is 0.332 e. The minimum Gasteiger partial charge on any atom is -0.497 e. The molecule has 5 atom stereocenters. The van der Waals surface area contributed by atoms with Gasteiger partial charge in [-0.3, -0.25) is 13.9 Å². The number of aromatic nitrogens is 4. The number of imidazole rings is 1. The lowest BCUT2D eigenvalue weighted by atomic mass is 9.52. The van der Waals surface area contributed by atoms with E-state index in [1.165, 1.54) is 69.4 Å². The summed E-state index contributed by atoms with van der Waals surface area (Å²) in [5.41, 5.74) is 4.14. The van der Waals surface area contributed by atoms with E-state index in [2.05, 4.69) is 54.1 Å². The van der Waals surface area contributed by atoms with Crippen molar-refractivity contribution >= 4 is 11.2 Å². The Morgan fingerprint density at radius 3 is 2.34 bits per heavy atom. The SMILES string of the molecule is COc1ccc2c(c1)[C@]13CCCC[C@@H]1[C@H](C2)N(C)CC3.COc1cccc([C@@]2(O)CCCC[C@@H]2CN(C)C)c1.Cn1c(=O)c2c(ncn2C)n(C)c1=O. The second-order valence-electron chi connectivity index (χ2n) is 16.1. The van der Waals surface area contributed by atoms with Crippen LogP contribution in [0.15, 0.2) is 58.4 Å². The molecule has 3 heterocycles. The second kappa shape index (κ2) is 15.8. The molecule has 288 valence electrons. The lowest BCUT2D eigenvalue weighted by Gasteiger charge is -2.58. The molecule has 4 aromatic rings.